The first-order chi connectivity index (χ1) is 12.9. The van der Waals surface area contributed by atoms with Gasteiger partial charge in [0.05, 0.1) is 10.9 Å². The zero-order valence-corrected chi connectivity index (χ0v) is 20.5. The van der Waals surface area contributed by atoms with Crippen LogP contribution in [0.1, 0.15) is 6.92 Å². The van der Waals surface area contributed by atoms with E-state index in [2.05, 4.69) is 103 Å². The number of hydrogen-bond donors (Lipinski definition) is 0. The summed E-state index contributed by atoms with van der Waals surface area (Å²) in [7, 11) is -0.245. The molecule has 3 rings (SSSR count). The monoisotopic (exact) mass is 617 g/mol. The molecule has 1 unspecified atom stereocenters. The molecule has 0 aromatic heterocycles. The van der Waals surface area contributed by atoms with Crippen LogP contribution in [0.25, 0.3) is 0 Å². The van der Waals surface area contributed by atoms with Crippen molar-refractivity contribution in [3.05, 3.63) is 81.7 Å². The molecule has 3 aromatic rings. The lowest BCUT2D eigenvalue weighted by Gasteiger charge is -2.10. The summed E-state index contributed by atoms with van der Waals surface area (Å²) in [5.74, 6) is 0.339. The molecule has 0 spiro atoms. The van der Waals surface area contributed by atoms with Gasteiger partial charge in [-0.3, -0.25) is 4.79 Å². The van der Waals surface area contributed by atoms with Gasteiger partial charge in [0, 0.05) is 8.95 Å². The minimum Gasteiger partial charge on any atom is -0.426 e. The SMILES string of the molecule is CC(I)C(=O)Oc1ccc([S+](c2ccc(Br)cc2)c2ccc(Br)cc2)cc1. The Balaban J connectivity index is 1.96. The predicted molar refractivity (Wildman–Crippen MR) is 126 cm³/mol. The molecule has 0 saturated heterocycles. The normalized spacial score (nSPS) is 12.0. The van der Waals surface area contributed by atoms with Crippen LogP contribution in [0.5, 0.6) is 5.75 Å². The van der Waals surface area contributed by atoms with Crippen LogP contribution >= 0.6 is 54.5 Å². The number of carbonyl (C=O) groups is 1. The lowest BCUT2D eigenvalue weighted by molar-refractivity contribution is -0.133. The zero-order chi connectivity index (χ0) is 19.4. The molecule has 1 atom stereocenters. The van der Waals surface area contributed by atoms with Gasteiger partial charge in [0.1, 0.15) is 9.67 Å². The Morgan fingerprint density at radius 3 is 1.56 bits per heavy atom. The van der Waals surface area contributed by atoms with Crippen molar-refractivity contribution in [3.63, 3.8) is 0 Å². The molecule has 0 amide bonds. The van der Waals surface area contributed by atoms with E-state index in [4.69, 9.17) is 4.74 Å². The standard InChI is InChI=1S/C21H16Br2IO2S/c1-14(24)21(25)26-17-6-12-20(13-7-17)27(18-8-2-15(22)3-9-18)19-10-4-16(23)5-11-19/h2-14H,1H3/q+1. The van der Waals surface area contributed by atoms with Crippen molar-refractivity contribution in [3.8, 4) is 5.75 Å². The van der Waals surface area contributed by atoms with Gasteiger partial charge in [-0.2, -0.15) is 0 Å². The van der Waals surface area contributed by atoms with Gasteiger partial charge in [-0.05, 0) is 79.7 Å². The Morgan fingerprint density at radius 1 is 0.815 bits per heavy atom. The van der Waals surface area contributed by atoms with Crippen LogP contribution in [0.2, 0.25) is 0 Å². The third-order valence-corrected chi connectivity index (χ3v) is 7.50. The molecule has 0 saturated carbocycles. The smallest absolute Gasteiger partial charge is 0.323 e. The highest BCUT2D eigenvalue weighted by atomic mass is 127. The molecular weight excluding hydrogens is 603 g/mol. The average molecular weight is 619 g/mol. The summed E-state index contributed by atoms with van der Waals surface area (Å²) < 4.78 is 7.33. The van der Waals surface area contributed by atoms with E-state index in [1.807, 2.05) is 31.2 Å². The Labute approximate surface area is 192 Å². The minimum absolute atomic E-state index is 0.178. The number of rotatable bonds is 5. The van der Waals surface area contributed by atoms with Crippen molar-refractivity contribution < 1.29 is 9.53 Å². The first-order valence-electron chi connectivity index (χ1n) is 8.15. The highest BCUT2D eigenvalue weighted by Gasteiger charge is 2.28. The predicted octanol–water partition coefficient (Wildman–Crippen LogP) is 7.04. The second-order valence-electron chi connectivity index (χ2n) is 5.72. The molecule has 6 heteroatoms. The lowest BCUT2D eigenvalue weighted by Crippen LogP contribution is -2.16. The second-order valence-corrected chi connectivity index (χ2v) is 11.4. The number of hydrogen-bond acceptors (Lipinski definition) is 2. The molecule has 0 heterocycles. The number of esters is 1. The van der Waals surface area contributed by atoms with E-state index in [1.165, 1.54) is 14.7 Å². The Hall–Kier alpha value is -0.830. The molecule has 0 bridgehead atoms. The van der Waals surface area contributed by atoms with E-state index in [9.17, 15) is 4.79 Å². The largest absolute Gasteiger partial charge is 0.426 e. The molecule has 2 nitrogen and oxygen atoms in total. The first kappa shape index (κ1) is 20.9. The van der Waals surface area contributed by atoms with Gasteiger partial charge >= 0.3 is 5.97 Å². The highest BCUT2D eigenvalue weighted by Crippen LogP contribution is 2.33. The van der Waals surface area contributed by atoms with Crippen LogP contribution in [0.4, 0.5) is 0 Å². The van der Waals surface area contributed by atoms with Crippen molar-refractivity contribution >= 4 is 71.3 Å². The van der Waals surface area contributed by atoms with E-state index < -0.39 is 0 Å². The summed E-state index contributed by atoms with van der Waals surface area (Å²) in [5.41, 5.74) is 0. The van der Waals surface area contributed by atoms with Gasteiger partial charge in [0.2, 0.25) is 0 Å². The number of carbonyl (C=O) groups excluding carboxylic acids is 1. The fourth-order valence-corrected chi connectivity index (χ4v) is 5.09. The maximum atomic E-state index is 11.8. The topological polar surface area (TPSA) is 26.3 Å². The fraction of sp³-hybridized carbons (Fsp3) is 0.0952. The molecule has 27 heavy (non-hydrogen) atoms. The van der Waals surface area contributed by atoms with Gasteiger partial charge < -0.3 is 4.74 Å². The number of halogens is 3. The lowest BCUT2D eigenvalue weighted by atomic mass is 10.3. The van der Waals surface area contributed by atoms with Crippen LogP contribution < -0.4 is 4.74 Å². The summed E-state index contributed by atoms with van der Waals surface area (Å²) in [4.78, 5) is 15.4. The van der Waals surface area contributed by atoms with Crippen molar-refractivity contribution in [1.29, 1.82) is 0 Å². The zero-order valence-electron chi connectivity index (χ0n) is 14.4. The van der Waals surface area contributed by atoms with Gasteiger partial charge in [-0.25, -0.2) is 0 Å². The van der Waals surface area contributed by atoms with E-state index in [0.717, 1.165) is 8.95 Å². The highest BCUT2D eigenvalue weighted by molar-refractivity contribution is 14.1. The minimum atomic E-state index is -0.245. The molecule has 0 N–H and O–H groups in total. The molecular formula is C21H16Br2IO2S+. The third kappa shape index (κ3) is 5.59. The maximum absolute atomic E-state index is 11.8. The number of ether oxygens (including phenoxy) is 1. The summed E-state index contributed by atoms with van der Waals surface area (Å²) in [6.07, 6.45) is 0. The van der Waals surface area contributed by atoms with Crippen LogP contribution in [0.15, 0.2) is 96.4 Å². The Bertz CT molecular complexity index is 865. The maximum Gasteiger partial charge on any atom is 0.323 e. The van der Waals surface area contributed by atoms with Gasteiger partial charge in [-0.1, -0.05) is 54.5 Å². The molecule has 3 aromatic carbocycles. The van der Waals surface area contributed by atoms with Crippen LogP contribution in [-0.2, 0) is 15.7 Å². The van der Waals surface area contributed by atoms with E-state index in [-0.39, 0.29) is 20.8 Å². The third-order valence-electron chi connectivity index (χ3n) is 3.70. The van der Waals surface area contributed by atoms with Crippen LogP contribution in [0.3, 0.4) is 0 Å². The van der Waals surface area contributed by atoms with Crippen molar-refractivity contribution in [2.45, 2.75) is 25.5 Å². The Kier molecular flexibility index (Phi) is 7.42. The number of benzene rings is 3. The van der Waals surface area contributed by atoms with Gasteiger partial charge in [-0.15, -0.1) is 0 Å². The quantitative estimate of drug-likeness (QED) is 0.101. The van der Waals surface area contributed by atoms with Crippen LogP contribution in [-0.4, -0.2) is 9.89 Å². The fourth-order valence-electron chi connectivity index (χ4n) is 2.39. The van der Waals surface area contributed by atoms with Crippen molar-refractivity contribution in [1.82, 2.24) is 0 Å². The molecule has 138 valence electrons. The molecule has 0 aliphatic rings. The average Bonchev–Trinajstić information content (AvgIpc) is 2.66. The molecule has 0 fully saturated rings. The second kappa shape index (κ2) is 9.58. The Morgan fingerprint density at radius 2 is 1.19 bits per heavy atom. The number of alkyl halides is 1. The summed E-state index contributed by atoms with van der Waals surface area (Å²) in [6.45, 7) is 1.82. The van der Waals surface area contributed by atoms with E-state index in [1.54, 1.807) is 0 Å². The van der Waals surface area contributed by atoms with Gasteiger partial charge in [0.25, 0.3) is 0 Å². The molecule has 0 radical (unpaired) electrons. The summed E-state index contributed by atoms with van der Waals surface area (Å²) in [5, 5.41) is 0. The van der Waals surface area contributed by atoms with Crippen molar-refractivity contribution in [2.75, 3.05) is 0 Å². The van der Waals surface area contributed by atoms with Gasteiger partial charge in [0.15, 0.2) is 14.7 Å². The van der Waals surface area contributed by atoms with Crippen LogP contribution in [0, 0.1) is 0 Å². The first-order valence-corrected chi connectivity index (χ1v) is 12.2. The molecule has 0 aliphatic carbocycles. The van der Waals surface area contributed by atoms with E-state index in [0.29, 0.717) is 5.75 Å². The molecule has 0 aliphatic heterocycles. The summed E-state index contributed by atoms with van der Waals surface area (Å²) >= 11 is 9.07. The van der Waals surface area contributed by atoms with E-state index >= 15 is 0 Å². The summed E-state index contributed by atoms with van der Waals surface area (Å²) in [6, 6.07) is 24.6. The van der Waals surface area contributed by atoms with Crippen molar-refractivity contribution in [2.24, 2.45) is 0 Å².